The highest BCUT2D eigenvalue weighted by Crippen LogP contribution is 2.15. The molecule has 0 fully saturated rings. The van der Waals surface area contributed by atoms with Crippen LogP contribution >= 0.6 is 11.3 Å². The molecule has 1 atom stereocenters. The maximum atomic E-state index is 12.5. The number of aromatic nitrogens is 2. The van der Waals surface area contributed by atoms with Gasteiger partial charge in [-0.1, -0.05) is 25.1 Å². The number of nitrogens with zero attached hydrogens (tertiary/aromatic N) is 3. The first-order chi connectivity index (χ1) is 14.4. The zero-order chi connectivity index (χ0) is 21.7. The molecule has 0 unspecified atom stereocenters. The van der Waals surface area contributed by atoms with E-state index in [0.717, 1.165) is 13.0 Å². The van der Waals surface area contributed by atoms with E-state index in [1.807, 2.05) is 6.07 Å². The molecule has 1 N–H and O–H groups in total. The summed E-state index contributed by atoms with van der Waals surface area (Å²) in [5.74, 6) is -0.282. The van der Waals surface area contributed by atoms with Crippen molar-refractivity contribution in [3.8, 4) is 0 Å². The molecule has 3 aromatic rings. The summed E-state index contributed by atoms with van der Waals surface area (Å²) < 4.78 is 2.58. The van der Waals surface area contributed by atoms with Gasteiger partial charge in [0.05, 0.1) is 11.0 Å². The van der Waals surface area contributed by atoms with Gasteiger partial charge in [-0.25, -0.2) is 0 Å². The van der Waals surface area contributed by atoms with E-state index >= 15 is 0 Å². The first kappa shape index (κ1) is 22.0. The Hall–Kier alpha value is -2.71. The van der Waals surface area contributed by atoms with Crippen LogP contribution in [0.15, 0.2) is 51.4 Å². The number of amides is 1. The Morgan fingerprint density at radius 1 is 1.13 bits per heavy atom. The van der Waals surface area contributed by atoms with Crippen molar-refractivity contribution in [3.05, 3.63) is 67.4 Å². The third-order valence-electron chi connectivity index (χ3n) is 5.44. The number of rotatable bonds is 9. The van der Waals surface area contributed by atoms with E-state index in [1.54, 1.807) is 42.6 Å². The predicted octanol–water partition coefficient (Wildman–Crippen LogP) is 2.18. The lowest BCUT2D eigenvalue weighted by Gasteiger charge is -2.28. The highest BCUT2D eigenvalue weighted by atomic mass is 32.1. The van der Waals surface area contributed by atoms with Crippen LogP contribution in [0.1, 0.15) is 25.1 Å². The Morgan fingerprint density at radius 2 is 1.87 bits per heavy atom. The van der Waals surface area contributed by atoms with Gasteiger partial charge < -0.3 is 9.88 Å². The molecule has 0 bridgehead atoms. The van der Waals surface area contributed by atoms with Crippen LogP contribution in [0.2, 0.25) is 0 Å². The molecule has 2 heterocycles. The normalized spacial score (nSPS) is 12.4. The molecule has 30 heavy (non-hydrogen) atoms. The molecule has 0 saturated heterocycles. The summed E-state index contributed by atoms with van der Waals surface area (Å²) in [6, 6.07) is 11.7. The largest absolute Gasteiger partial charge is 0.353 e. The SMILES string of the molecule is CC[C@H](C)N(CCNC(=O)Cn1c(=O)c(=O)n(C)c2ccccc21)Cc1cccs1. The summed E-state index contributed by atoms with van der Waals surface area (Å²) in [4.78, 5) is 40.9. The molecule has 8 heteroatoms. The van der Waals surface area contributed by atoms with Gasteiger partial charge in [0.1, 0.15) is 6.54 Å². The predicted molar refractivity (Wildman–Crippen MR) is 121 cm³/mol. The number of carbonyl (C=O) groups excluding carboxylic acids is 1. The van der Waals surface area contributed by atoms with Crippen molar-refractivity contribution in [1.82, 2.24) is 19.4 Å². The van der Waals surface area contributed by atoms with Crippen molar-refractivity contribution in [3.63, 3.8) is 0 Å². The van der Waals surface area contributed by atoms with E-state index in [4.69, 9.17) is 0 Å². The van der Waals surface area contributed by atoms with E-state index in [1.165, 1.54) is 14.0 Å². The zero-order valence-corrected chi connectivity index (χ0v) is 18.4. The van der Waals surface area contributed by atoms with Gasteiger partial charge in [0, 0.05) is 37.6 Å². The average Bonchev–Trinajstić information content (AvgIpc) is 3.27. The van der Waals surface area contributed by atoms with Crippen molar-refractivity contribution < 1.29 is 4.79 Å². The summed E-state index contributed by atoms with van der Waals surface area (Å²) in [5, 5.41) is 4.97. The number of nitrogens with one attached hydrogen (secondary N) is 1. The number of para-hydroxylation sites is 2. The van der Waals surface area contributed by atoms with Gasteiger partial charge in [0.15, 0.2) is 0 Å². The molecule has 0 radical (unpaired) electrons. The van der Waals surface area contributed by atoms with Crippen molar-refractivity contribution >= 4 is 28.3 Å². The lowest BCUT2D eigenvalue weighted by Crippen LogP contribution is -2.44. The minimum absolute atomic E-state index is 0.177. The maximum Gasteiger partial charge on any atom is 0.317 e. The first-order valence-corrected chi connectivity index (χ1v) is 11.0. The Bertz CT molecular complexity index is 1120. The quantitative estimate of drug-likeness (QED) is 0.530. The molecule has 7 nitrogen and oxygen atoms in total. The highest BCUT2D eigenvalue weighted by Gasteiger charge is 2.15. The number of carbonyl (C=O) groups is 1. The molecule has 3 rings (SSSR count). The average molecular weight is 429 g/mol. The second-order valence-electron chi connectivity index (χ2n) is 7.40. The summed E-state index contributed by atoms with van der Waals surface area (Å²) >= 11 is 1.73. The van der Waals surface area contributed by atoms with Crippen LogP contribution in [0.5, 0.6) is 0 Å². The van der Waals surface area contributed by atoms with Crippen molar-refractivity contribution in [2.24, 2.45) is 7.05 Å². The molecule has 2 aromatic heterocycles. The second kappa shape index (κ2) is 9.86. The van der Waals surface area contributed by atoms with Crippen molar-refractivity contribution in [2.75, 3.05) is 13.1 Å². The Balaban J connectivity index is 1.67. The molecular weight excluding hydrogens is 400 g/mol. The Kier molecular flexibility index (Phi) is 7.23. The van der Waals surface area contributed by atoms with Gasteiger partial charge in [-0.3, -0.25) is 23.9 Å². The van der Waals surface area contributed by atoms with Crippen LogP contribution in [0.4, 0.5) is 0 Å². The van der Waals surface area contributed by atoms with Crippen molar-refractivity contribution in [1.29, 1.82) is 0 Å². The van der Waals surface area contributed by atoms with E-state index in [0.29, 0.717) is 30.2 Å². The fourth-order valence-corrected chi connectivity index (χ4v) is 4.19. The molecule has 160 valence electrons. The van der Waals surface area contributed by atoms with E-state index in [9.17, 15) is 14.4 Å². The fraction of sp³-hybridized carbons (Fsp3) is 0.409. The molecule has 0 saturated carbocycles. The minimum atomic E-state index is -0.690. The maximum absolute atomic E-state index is 12.5. The van der Waals surface area contributed by atoms with E-state index in [-0.39, 0.29) is 12.5 Å². The molecule has 0 spiro atoms. The summed E-state index contributed by atoms with van der Waals surface area (Å²) in [6.45, 7) is 6.20. The van der Waals surface area contributed by atoms with Gasteiger partial charge in [-0.05, 0) is 36.9 Å². The number of benzene rings is 1. The monoisotopic (exact) mass is 428 g/mol. The fourth-order valence-electron chi connectivity index (χ4n) is 3.47. The van der Waals surface area contributed by atoms with Crippen LogP contribution in [0, 0.1) is 0 Å². The number of thiophene rings is 1. The highest BCUT2D eigenvalue weighted by molar-refractivity contribution is 7.09. The molecule has 1 amide bonds. The Morgan fingerprint density at radius 3 is 2.53 bits per heavy atom. The number of hydrogen-bond donors (Lipinski definition) is 1. The van der Waals surface area contributed by atoms with Crippen LogP contribution in [-0.2, 0) is 24.9 Å². The third-order valence-corrected chi connectivity index (χ3v) is 6.30. The molecule has 0 aliphatic carbocycles. The third kappa shape index (κ3) is 4.88. The summed E-state index contributed by atoms with van der Waals surface area (Å²) in [7, 11) is 1.56. The number of hydrogen-bond acceptors (Lipinski definition) is 5. The van der Waals surface area contributed by atoms with Gasteiger partial charge in [-0.2, -0.15) is 0 Å². The zero-order valence-electron chi connectivity index (χ0n) is 17.6. The molecular formula is C22H28N4O3S. The van der Waals surface area contributed by atoms with E-state index in [2.05, 4.69) is 35.5 Å². The lowest BCUT2D eigenvalue weighted by atomic mass is 10.2. The Labute approximate surface area is 179 Å². The van der Waals surface area contributed by atoms with E-state index < -0.39 is 11.1 Å². The number of fused-ring (bicyclic) bond motifs is 1. The first-order valence-electron chi connectivity index (χ1n) is 10.1. The van der Waals surface area contributed by atoms with Crippen LogP contribution in [-0.4, -0.2) is 39.1 Å². The molecule has 0 aliphatic heterocycles. The van der Waals surface area contributed by atoms with Crippen LogP contribution in [0.25, 0.3) is 11.0 Å². The van der Waals surface area contributed by atoms with Crippen molar-refractivity contribution in [2.45, 2.75) is 39.4 Å². The van der Waals surface area contributed by atoms with Crippen LogP contribution in [0.3, 0.4) is 0 Å². The summed E-state index contributed by atoms with van der Waals surface area (Å²) in [5.41, 5.74) is -0.141. The van der Waals surface area contributed by atoms with Gasteiger partial charge in [-0.15, -0.1) is 11.3 Å². The molecule has 0 aliphatic rings. The standard InChI is InChI=1S/C22H28N4O3S/c1-4-16(2)25(14-17-8-7-13-30-17)12-11-23-20(27)15-26-19-10-6-5-9-18(19)24(3)21(28)22(26)29/h5-10,13,16H,4,11-12,14-15H2,1-3H3,(H,23,27)/t16-/m0/s1. The van der Waals surface area contributed by atoms with Gasteiger partial charge in [0.25, 0.3) is 0 Å². The van der Waals surface area contributed by atoms with Crippen LogP contribution < -0.4 is 16.4 Å². The number of aryl methyl sites for hydroxylation is 1. The van der Waals surface area contributed by atoms with Gasteiger partial charge in [0.2, 0.25) is 5.91 Å². The second-order valence-corrected chi connectivity index (χ2v) is 8.43. The lowest BCUT2D eigenvalue weighted by molar-refractivity contribution is -0.121. The minimum Gasteiger partial charge on any atom is -0.353 e. The molecule has 1 aromatic carbocycles. The summed E-state index contributed by atoms with van der Waals surface area (Å²) in [6.07, 6.45) is 1.02. The van der Waals surface area contributed by atoms with Gasteiger partial charge >= 0.3 is 11.1 Å². The topological polar surface area (TPSA) is 76.3 Å². The smallest absolute Gasteiger partial charge is 0.317 e.